The number of pyridine rings is 1. The molecule has 2 rings (SSSR count). The van der Waals surface area contributed by atoms with Crippen LogP contribution >= 0.6 is 0 Å². The minimum Gasteiger partial charge on any atom is -0.480 e. The molecule has 1 atom stereocenters. The molecule has 0 saturated carbocycles. The lowest BCUT2D eigenvalue weighted by Gasteiger charge is -2.21. The maximum Gasteiger partial charge on any atom is 0.326 e. The minimum absolute atomic E-state index is 0.135. The Hall–Kier alpha value is -3.26. The van der Waals surface area contributed by atoms with Crippen LogP contribution in [0.15, 0.2) is 48.8 Å². The van der Waals surface area contributed by atoms with Crippen LogP contribution in [0.25, 0.3) is 0 Å². The number of hydrogen-bond acceptors (Lipinski definition) is 5. The molecule has 0 aliphatic rings. The molecule has 2 amide bonds. The highest BCUT2D eigenvalue weighted by Crippen LogP contribution is 2.13. The number of carboxylic acids is 1. The standard InChI is InChI=1S/C21H25N3O5/c1-21(2,3)29-11-9-17(20(27)28)24-18(25)14-6-4-8-16(12-14)23-19(26)15-7-5-10-22-13-15/h4-8,10,12-13,17H,9,11H2,1-3H3,(H,23,26)(H,24,25)(H,27,28). The van der Waals surface area contributed by atoms with Crippen molar-refractivity contribution in [2.75, 3.05) is 11.9 Å². The summed E-state index contributed by atoms with van der Waals surface area (Å²) in [7, 11) is 0. The van der Waals surface area contributed by atoms with Gasteiger partial charge in [-0.15, -0.1) is 0 Å². The van der Waals surface area contributed by atoms with Gasteiger partial charge in [-0.25, -0.2) is 4.79 Å². The molecule has 0 saturated heterocycles. The summed E-state index contributed by atoms with van der Waals surface area (Å²) >= 11 is 0. The lowest BCUT2D eigenvalue weighted by Crippen LogP contribution is -2.42. The van der Waals surface area contributed by atoms with E-state index < -0.39 is 23.5 Å². The summed E-state index contributed by atoms with van der Waals surface area (Å²) in [5.41, 5.74) is 0.631. The molecule has 8 heteroatoms. The van der Waals surface area contributed by atoms with Crippen molar-refractivity contribution in [1.29, 1.82) is 0 Å². The van der Waals surface area contributed by atoms with E-state index in [1.165, 1.54) is 12.3 Å². The number of carboxylic acid groups (broad SMARTS) is 1. The molecular formula is C21H25N3O5. The van der Waals surface area contributed by atoms with Crippen LogP contribution in [-0.4, -0.2) is 46.1 Å². The second-order valence-electron chi connectivity index (χ2n) is 7.39. The lowest BCUT2D eigenvalue weighted by atomic mass is 10.1. The van der Waals surface area contributed by atoms with E-state index >= 15 is 0 Å². The van der Waals surface area contributed by atoms with Crippen LogP contribution in [0.5, 0.6) is 0 Å². The van der Waals surface area contributed by atoms with Gasteiger partial charge in [-0.1, -0.05) is 6.07 Å². The second kappa shape index (κ2) is 9.79. The normalized spacial score (nSPS) is 12.1. The Morgan fingerprint density at radius 1 is 1.10 bits per heavy atom. The molecule has 0 aliphatic carbocycles. The molecule has 1 unspecified atom stereocenters. The first-order valence-corrected chi connectivity index (χ1v) is 9.15. The van der Waals surface area contributed by atoms with Crippen molar-refractivity contribution < 1.29 is 24.2 Å². The first-order valence-electron chi connectivity index (χ1n) is 9.15. The fourth-order valence-corrected chi connectivity index (χ4v) is 2.42. The van der Waals surface area contributed by atoms with E-state index in [0.717, 1.165) is 0 Å². The predicted molar refractivity (Wildman–Crippen MR) is 108 cm³/mol. The van der Waals surface area contributed by atoms with E-state index in [1.807, 2.05) is 20.8 Å². The van der Waals surface area contributed by atoms with Gasteiger partial charge >= 0.3 is 5.97 Å². The van der Waals surface area contributed by atoms with E-state index in [2.05, 4.69) is 15.6 Å². The SMILES string of the molecule is CC(C)(C)OCCC(NC(=O)c1cccc(NC(=O)c2cccnc2)c1)C(=O)O. The number of aromatic nitrogens is 1. The van der Waals surface area contributed by atoms with Crippen molar-refractivity contribution in [3.8, 4) is 0 Å². The third-order valence-electron chi connectivity index (χ3n) is 3.85. The maximum absolute atomic E-state index is 12.5. The topological polar surface area (TPSA) is 118 Å². The number of anilines is 1. The van der Waals surface area contributed by atoms with Crippen LogP contribution in [0.2, 0.25) is 0 Å². The molecule has 1 aromatic heterocycles. The number of ether oxygens (including phenoxy) is 1. The zero-order chi connectivity index (χ0) is 21.4. The van der Waals surface area contributed by atoms with Gasteiger partial charge in [-0.05, 0) is 51.1 Å². The molecule has 29 heavy (non-hydrogen) atoms. The molecule has 2 aromatic rings. The highest BCUT2D eigenvalue weighted by Gasteiger charge is 2.22. The van der Waals surface area contributed by atoms with Crippen LogP contribution in [0.1, 0.15) is 47.9 Å². The average molecular weight is 399 g/mol. The minimum atomic E-state index is -1.14. The van der Waals surface area contributed by atoms with Crippen LogP contribution in [0.4, 0.5) is 5.69 Å². The van der Waals surface area contributed by atoms with Crippen LogP contribution < -0.4 is 10.6 Å². The van der Waals surface area contributed by atoms with Gasteiger partial charge in [0.15, 0.2) is 0 Å². The van der Waals surface area contributed by atoms with Crippen molar-refractivity contribution in [3.05, 3.63) is 59.9 Å². The highest BCUT2D eigenvalue weighted by molar-refractivity contribution is 6.05. The number of rotatable bonds is 8. The molecule has 0 spiro atoms. The third-order valence-corrected chi connectivity index (χ3v) is 3.85. The van der Waals surface area contributed by atoms with Gasteiger partial charge in [0.2, 0.25) is 0 Å². The molecule has 154 valence electrons. The lowest BCUT2D eigenvalue weighted by molar-refractivity contribution is -0.140. The Bertz CT molecular complexity index is 862. The van der Waals surface area contributed by atoms with E-state index in [1.54, 1.807) is 36.5 Å². The van der Waals surface area contributed by atoms with E-state index in [9.17, 15) is 19.5 Å². The number of benzene rings is 1. The largest absolute Gasteiger partial charge is 0.480 e. The Balaban J connectivity index is 2.01. The number of amides is 2. The number of nitrogens with zero attached hydrogens (tertiary/aromatic N) is 1. The molecule has 1 heterocycles. The van der Waals surface area contributed by atoms with Gasteiger partial charge in [-0.2, -0.15) is 0 Å². The van der Waals surface area contributed by atoms with Crippen LogP contribution in [-0.2, 0) is 9.53 Å². The molecule has 0 bridgehead atoms. The zero-order valence-corrected chi connectivity index (χ0v) is 16.6. The number of nitrogens with one attached hydrogen (secondary N) is 2. The number of carbonyl (C=O) groups excluding carboxylic acids is 2. The third kappa shape index (κ3) is 7.34. The number of aliphatic carboxylic acids is 1. The quantitative estimate of drug-likeness (QED) is 0.628. The Labute approximate surface area is 169 Å². The van der Waals surface area contributed by atoms with Gasteiger partial charge in [0.1, 0.15) is 6.04 Å². The number of carbonyl (C=O) groups is 3. The number of hydrogen-bond donors (Lipinski definition) is 3. The van der Waals surface area contributed by atoms with Gasteiger partial charge in [0, 0.05) is 36.7 Å². The Morgan fingerprint density at radius 2 is 1.83 bits per heavy atom. The molecule has 0 aliphatic heterocycles. The van der Waals surface area contributed by atoms with Gasteiger partial charge < -0.3 is 20.5 Å². The van der Waals surface area contributed by atoms with Crippen LogP contribution in [0.3, 0.4) is 0 Å². The summed E-state index contributed by atoms with van der Waals surface area (Å²) in [4.78, 5) is 40.1. The van der Waals surface area contributed by atoms with Gasteiger partial charge in [0.25, 0.3) is 11.8 Å². The average Bonchev–Trinajstić information content (AvgIpc) is 2.67. The van der Waals surface area contributed by atoms with E-state index in [-0.39, 0.29) is 24.5 Å². The fraction of sp³-hybridized carbons (Fsp3) is 0.333. The monoisotopic (exact) mass is 399 g/mol. The molecular weight excluding hydrogens is 374 g/mol. The van der Waals surface area contributed by atoms with Gasteiger partial charge in [0.05, 0.1) is 11.2 Å². The maximum atomic E-state index is 12.5. The van der Waals surface area contributed by atoms with Crippen molar-refractivity contribution in [3.63, 3.8) is 0 Å². The smallest absolute Gasteiger partial charge is 0.326 e. The summed E-state index contributed by atoms with van der Waals surface area (Å²) < 4.78 is 5.53. The van der Waals surface area contributed by atoms with Crippen LogP contribution in [0, 0.1) is 0 Å². The van der Waals surface area contributed by atoms with Crippen molar-refractivity contribution in [2.45, 2.75) is 38.8 Å². The summed E-state index contributed by atoms with van der Waals surface area (Å²) in [6, 6.07) is 8.44. The fourth-order valence-electron chi connectivity index (χ4n) is 2.42. The molecule has 0 fully saturated rings. The predicted octanol–water partition coefficient (Wildman–Crippen LogP) is 2.72. The summed E-state index contributed by atoms with van der Waals surface area (Å²) in [5.74, 6) is -2.05. The summed E-state index contributed by atoms with van der Waals surface area (Å²) in [6.07, 6.45) is 3.13. The van der Waals surface area contributed by atoms with Gasteiger partial charge in [-0.3, -0.25) is 14.6 Å². The zero-order valence-electron chi connectivity index (χ0n) is 16.6. The summed E-state index contributed by atoms with van der Waals surface area (Å²) in [5, 5.41) is 14.5. The summed E-state index contributed by atoms with van der Waals surface area (Å²) in [6.45, 7) is 5.80. The van der Waals surface area contributed by atoms with Crippen molar-refractivity contribution in [1.82, 2.24) is 10.3 Å². The second-order valence-corrected chi connectivity index (χ2v) is 7.39. The molecule has 1 aromatic carbocycles. The first-order chi connectivity index (χ1) is 13.7. The van der Waals surface area contributed by atoms with E-state index in [0.29, 0.717) is 11.3 Å². The van der Waals surface area contributed by atoms with Crippen molar-refractivity contribution in [2.24, 2.45) is 0 Å². The Kier molecular flexibility index (Phi) is 7.44. The molecule has 8 nitrogen and oxygen atoms in total. The first kappa shape index (κ1) is 22.0. The highest BCUT2D eigenvalue weighted by atomic mass is 16.5. The van der Waals surface area contributed by atoms with Crippen molar-refractivity contribution >= 4 is 23.5 Å². The van der Waals surface area contributed by atoms with E-state index in [4.69, 9.17) is 4.74 Å². The molecule has 3 N–H and O–H groups in total. The molecule has 0 radical (unpaired) electrons. The Morgan fingerprint density at radius 3 is 2.45 bits per heavy atom.